The Morgan fingerprint density at radius 3 is 2.61 bits per heavy atom. The molecule has 3 aromatic heterocycles. The normalized spacial score (nSPS) is 16.1. The number of aliphatic hydroxyl groups is 1. The predicted molar refractivity (Wildman–Crippen MR) is 116 cm³/mol. The van der Waals surface area contributed by atoms with Gasteiger partial charge >= 0.3 is 0 Å². The molecule has 0 amide bonds. The quantitative estimate of drug-likeness (QED) is 0.543. The van der Waals surface area contributed by atoms with Crippen molar-refractivity contribution in [3.05, 3.63) is 72.1 Å². The van der Waals surface area contributed by atoms with Crippen molar-refractivity contribution in [3.63, 3.8) is 0 Å². The van der Waals surface area contributed by atoms with Crippen LogP contribution in [0.5, 0.6) is 11.6 Å². The number of methoxy groups -OCH3 is 1. The molecule has 158 valence electrons. The van der Waals surface area contributed by atoms with Crippen LogP contribution in [0.2, 0.25) is 0 Å². The molecule has 31 heavy (non-hydrogen) atoms. The van der Waals surface area contributed by atoms with Crippen molar-refractivity contribution in [1.82, 2.24) is 19.4 Å². The Balaban J connectivity index is 1.62. The van der Waals surface area contributed by atoms with Gasteiger partial charge in [-0.1, -0.05) is 18.2 Å². The van der Waals surface area contributed by atoms with Crippen LogP contribution >= 0.6 is 0 Å². The number of aromatic nitrogens is 4. The van der Waals surface area contributed by atoms with Crippen LogP contribution in [0.4, 0.5) is 0 Å². The first kappa shape index (κ1) is 19.5. The third-order valence-electron chi connectivity index (χ3n) is 5.64. The van der Waals surface area contributed by atoms with E-state index in [9.17, 15) is 5.11 Å². The number of nitrogens with zero attached hydrogens (tertiary/aromatic N) is 4. The van der Waals surface area contributed by atoms with Crippen LogP contribution in [-0.4, -0.2) is 38.2 Å². The molecule has 0 bridgehead atoms. The number of rotatable bonds is 4. The van der Waals surface area contributed by atoms with Gasteiger partial charge in [0.25, 0.3) is 0 Å². The van der Waals surface area contributed by atoms with Crippen LogP contribution in [-0.2, 0) is 5.60 Å². The fraction of sp³-hybridized carbons (Fsp3) is 0.292. The summed E-state index contributed by atoms with van der Waals surface area (Å²) in [7, 11) is 1.70. The fourth-order valence-corrected chi connectivity index (χ4v) is 4.10. The zero-order valence-corrected chi connectivity index (χ0v) is 17.7. The van der Waals surface area contributed by atoms with E-state index in [-0.39, 0.29) is 5.92 Å². The molecule has 0 saturated carbocycles. The fourth-order valence-electron chi connectivity index (χ4n) is 4.10. The molecule has 7 heteroatoms. The number of hydrogen-bond donors (Lipinski definition) is 1. The van der Waals surface area contributed by atoms with Gasteiger partial charge in [0.15, 0.2) is 5.82 Å². The van der Waals surface area contributed by atoms with Gasteiger partial charge in [0.1, 0.15) is 17.0 Å². The van der Waals surface area contributed by atoms with Gasteiger partial charge in [-0.3, -0.25) is 4.40 Å². The molecule has 0 spiro atoms. The van der Waals surface area contributed by atoms with Gasteiger partial charge in [-0.05, 0) is 38.5 Å². The second kappa shape index (κ2) is 7.35. The van der Waals surface area contributed by atoms with E-state index in [2.05, 4.69) is 20.4 Å². The highest BCUT2D eigenvalue weighted by molar-refractivity contribution is 5.64. The summed E-state index contributed by atoms with van der Waals surface area (Å²) in [6.45, 7) is 3.95. The average Bonchev–Trinajstić information content (AvgIpc) is 3.16. The van der Waals surface area contributed by atoms with Crippen molar-refractivity contribution in [3.8, 4) is 22.8 Å². The molecule has 1 aliphatic rings. The molecule has 7 nitrogen and oxygen atoms in total. The van der Waals surface area contributed by atoms with Crippen molar-refractivity contribution in [2.45, 2.75) is 31.8 Å². The molecule has 0 aliphatic carbocycles. The summed E-state index contributed by atoms with van der Waals surface area (Å²) in [4.78, 5) is 13.4. The first-order valence-electron chi connectivity index (χ1n) is 10.3. The van der Waals surface area contributed by atoms with Crippen LogP contribution in [0.3, 0.4) is 0 Å². The molecule has 0 fully saturated rings. The van der Waals surface area contributed by atoms with Crippen LogP contribution in [0, 0.1) is 0 Å². The molecule has 4 aromatic rings. The summed E-state index contributed by atoms with van der Waals surface area (Å²) in [6, 6.07) is 12.1. The Bertz CT molecular complexity index is 1240. The van der Waals surface area contributed by atoms with Gasteiger partial charge in [-0.15, -0.1) is 0 Å². The van der Waals surface area contributed by atoms with Gasteiger partial charge < -0.3 is 14.6 Å². The van der Waals surface area contributed by atoms with Crippen molar-refractivity contribution in [2.75, 3.05) is 13.7 Å². The lowest BCUT2D eigenvalue weighted by molar-refractivity contribution is 0.0687. The summed E-state index contributed by atoms with van der Waals surface area (Å²) in [5.74, 6) is 2.02. The molecule has 4 heterocycles. The molecule has 0 radical (unpaired) electrons. The second-order valence-corrected chi connectivity index (χ2v) is 8.23. The zero-order valence-electron chi connectivity index (χ0n) is 17.7. The molecule has 1 unspecified atom stereocenters. The minimum atomic E-state index is -1.08. The number of fused-ring (bicyclic) bond motifs is 3. The molecule has 5 rings (SSSR count). The number of hydrogen-bond acceptors (Lipinski definition) is 6. The van der Waals surface area contributed by atoms with Gasteiger partial charge in [0.2, 0.25) is 5.88 Å². The van der Waals surface area contributed by atoms with E-state index in [1.165, 1.54) is 0 Å². The van der Waals surface area contributed by atoms with Gasteiger partial charge in [-0.2, -0.15) is 4.98 Å². The highest BCUT2D eigenvalue weighted by Crippen LogP contribution is 2.42. The lowest BCUT2D eigenvalue weighted by Crippen LogP contribution is -2.19. The zero-order chi connectivity index (χ0) is 21.6. The van der Waals surface area contributed by atoms with Crippen LogP contribution in [0.15, 0.2) is 55.0 Å². The van der Waals surface area contributed by atoms with Crippen molar-refractivity contribution >= 4 is 5.65 Å². The van der Waals surface area contributed by atoms with E-state index in [1.54, 1.807) is 33.4 Å². The minimum absolute atomic E-state index is 0.110. The van der Waals surface area contributed by atoms with E-state index in [0.29, 0.717) is 18.3 Å². The minimum Gasteiger partial charge on any atom is -0.496 e. The maximum Gasteiger partial charge on any atom is 0.236 e. The van der Waals surface area contributed by atoms with Gasteiger partial charge in [-0.25, -0.2) is 9.97 Å². The number of ether oxygens (including phenoxy) is 2. The number of benzene rings is 1. The Morgan fingerprint density at radius 2 is 1.87 bits per heavy atom. The number of pyridine rings is 1. The second-order valence-electron chi connectivity index (χ2n) is 8.23. The molecule has 1 N–H and O–H groups in total. The van der Waals surface area contributed by atoms with Crippen LogP contribution in [0.1, 0.15) is 43.3 Å². The summed E-state index contributed by atoms with van der Waals surface area (Å²) in [5.41, 5.74) is 3.71. The molecule has 1 aromatic carbocycles. The van der Waals surface area contributed by atoms with Crippen LogP contribution in [0.25, 0.3) is 16.8 Å². The highest BCUT2D eigenvalue weighted by Gasteiger charge is 2.30. The van der Waals surface area contributed by atoms with E-state index in [1.807, 2.05) is 36.5 Å². The Labute approximate surface area is 180 Å². The van der Waals surface area contributed by atoms with Gasteiger partial charge in [0.05, 0.1) is 19.4 Å². The smallest absolute Gasteiger partial charge is 0.236 e. The molecule has 1 atom stereocenters. The largest absolute Gasteiger partial charge is 0.496 e. The Hall–Kier alpha value is -3.45. The lowest BCUT2D eigenvalue weighted by Gasteiger charge is -2.24. The number of para-hydroxylation sites is 1. The molecular weight excluding hydrogens is 392 g/mol. The van der Waals surface area contributed by atoms with Gasteiger partial charge in [0, 0.05) is 41.2 Å². The maximum absolute atomic E-state index is 10.1. The SMILES string of the molecule is COc1ccccc1C1CCOc2nc3ccc(-c4cnc(C(C)(C)O)nc4)cn3c21. The Kier molecular flexibility index (Phi) is 4.63. The molecule has 1 aliphatic heterocycles. The first-order chi connectivity index (χ1) is 15.0. The van der Waals surface area contributed by atoms with E-state index >= 15 is 0 Å². The number of imidazole rings is 1. The van der Waals surface area contributed by atoms with Crippen molar-refractivity contribution in [1.29, 1.82) is 0 Å². The monoisotopic (exact) mass is 416 g/mol. The van der Waals surface area contributed by atoms with E-state index in [4.69, 9.17) is 14.5 Å². The summed E-state index contributed by atoms with van der Waals surface area (Å²) < 4.78 is 13.6. The third kappa shape index (κ3) is 3.41. The van der Waals surface area contributed by atoms with Crippen molar-refractivity contribution in [2.24, 2.45) is 0 Å². The summed E-state index contributed by atoms with van der Waals surface area (Å²) in [5, 5.41) is 10.1. The lowest BCUT2D eigenvalue weighted by atomic mass is 9.90. The summed E-state index contributed by atoms with van der Waals surface area (Å²) >= 11 is 0. The first-order valence-corrected chi connectivity index (χ1v) is 10.3. The van der Waals surface area contributed by atoms with Crippen molar-refractivity contribution < 1.29 is 14.6 Å². The van der Waals surface area contributed by atoms with Crippen LogP contribution < -0.4 is 9.47 Å². The Morgan fingerprint density at radius 1 is 1.10 bits per heavy atom. The third-order valence-corrected chi connectivity index (χ3v) is 5.64. The standard InChI is InChI=1S/C24H24N4O3/c1-24(2,29)23-25-12-16(13-26-23)15-8-9-20-27-22-21(28(20)14-15)18(10-11-31-22)17-6-4-5-7-19(17)30-3/h4-9,12-14,18,29H,10-11H2,1-3H3. The predicted octanol–water partition coefficient (Wildman–Crippen LogP) is 3.94. The average molecular weight is 416 g/mol. The topological polar surface area (TPSA) is 81.8 Å². The highest BCUT2D eigenvalue weighted by atomic mass is 16.5. The molecule has 0 saturated heterocycles. The maximum atomic E-state index is 10.1. The summed E-state index contributed by atoms with van der Waals surface area (Å²) in [6.07, 6.45) is 6.35. The van der Waals surface area contributed by atoms with E-state index in [0.717, 1.165) is 40.2 Å². The van der Waals surface area contributed by atoms with E-state index < -0.39 is 5.60 Å². The molecular formula is C24H24N4O3.